The Balaban J connectivity index is 1.30. The molecule has 0 aromatic heterocycles. The number of hydrogen-bond donors (Lipinski definition) is 1. The number of carbonyl (C=O) groups is 2. The van der Waals surface area contributed by atoms with Crippen molar-refractivity contribution < 1.29 is 19.1 Å². The monoisotopic (exact) mass is 464 g/mol. The van der Waals surface area contributed by atoms with Crippen molar-refractivity contribution in [3.63, 3.8) is 0 Å². The number of rotatable bonds is 6. The molecule has 0 bridgehead atoms. The predicted molar refractivity (Wildman–Crippen MR) is 128 cm³/mol. The lowest BCUT2D eigenvalue weighted by molar-refractivity contribution is -0.140. The molecule has 2 aliphatic heterocycles. The van der Waals surface area contributed by atoms with Gasteiger partial charge in [-0.15, -0.1) is 0 Å². The standard InChI is InChI=1S/C28H33FN2O3/c29-24-11-9-22(10-12-24)28(26(33)34)19-23(28)20-30-17-13-27(14-18-30,21-7-3-1-4-8-21)25(32)31-15-5-2-6-16-31/h1,3-4,7-12,23H,2,5-6,13-20H2,(H,33,34). The van der Waals surface area contributed by atoms with Gasteiger partial charge < -0.3 is 14.9 Å². The van der Waals surface area contributed by atoms with Gasteiger partial charge in [-0.05, 0) is 80.8 Å². The lowest BCUT2D eigenvalue weighted by atomic mass is 9.71. The maximum absolute atomic E-state index is 13.8. The first kappa shape index (κ1) is 23.0. The van der Waals surface area contributed by atoms with E-state index in [2.05, 4.69) is 21.9 Å². The van der Waals surface area contributed by atoms with Crippen molar-refractivity contribution in [2.24, 2.45) is 5.92 Å². The van der Waals surface area contributed by atoms with Crippen molar-refractivity contribution >= 4 is 11.9 Å². The molecule has 2 aromatic rings. The minimum absolute atomic E-state index is 0.00233. The molecule has 0 spiro atoms. The summed E-state index contributed by atoms with van der Waals surface area (Å²) in [5, 5.41) is 10.0. The molecule has 2 unspecified atom stereocenters. The maximum atomic E-state index is 13.8. The SMILES string of the molecule is O=C(N1CCCCC1)C1(c2ccccc2)CCN(CC2CC2(C(=O)O)c2ccc(F)cc2)CC1. The van der Waals surface area contributed by atoms with Gasteiger partial charge in [-0.2, -0.15) is 0 Å². The van der Waals surface area contributed by atoms with Gasteiger partial charge in [-0.1, -0.05) is 42.5 Å². The number of aliphatic carboxylic acids is 1. The molecule has 2 aromatic carbocycles. The number of benzene rings is 2. The van der Waals surface area contributed by atoms with Crippen LogP contribution in [0.15, 0.2) is 54.6 Å². The van der Waals surface area contributed by atoms with Crippen molar-refractivity contribution in [2.45, 2.75) is 49.4 Å². The third-order valence-electron chi connectivity index (χ3n) is 8.41. The van der Waals surface area contributed by atoms with E-state index in [0.717, 1.165) is 57.4 Å². The molecule has 1 amide bonds. The molecular weight excluding hydrogens is 431 g/mol. The summed E-state index contributed by atoms with van der Waals surface area (Å²) in [4.78, 5) is 30.4. The number of hydrogen-bond acceptors (Lipinski definition) is 3. The van der Waals surface area contributed by atoms with Gasteiger partial charge in [0, 0.05) is 19.6 Å². The number of carboxylic acid groups (broad SMARTS) is 1. The fourth-order valence-electron chi connectivity index (χ4n) is 6.25. The van der Waals surface area contributed by atoms with Gasteiger partial charge in [0.25, 0.3) is 0 Å². The second-order valence-electron chi connectivity index (χ2n) is 10.3. The van der Waals surface area contributed by atoms with E-state index in [1.54, 1.807) is 12.1 Å². The van der Waals surface area contributed by atoms with Gasteiger partial charge in [0.2, 0.25) is 5.91 Å². The summed E-state index contributed by atoms with van der Waals surface area (Å²) in [7, 11) is 0. The van der Waals surface area contributed by atoms with E-state index in [9.17, 15) is 19.1 Å². The van der Waals surface area contributed by atoms with Crippen LogP contribution in [0.1, 0.15) is 49.7 Å². The van der Waals surface area contributed by atoms with E-state index in [0.29, 0.717) is 18.5 Å². The summed E-state index contributed by atoms with van der Waals surface area (Å²) in [5.41, 5.74) is 0.357. The Morgan fingerprint density at radius 3 is 2.15 bits per heavy atom. The molecule has 2 atom stereocenters. The lowest BCUT2D eigenvalue weighted by Gasteiger charge is -2.44. The Morgan fingerprint density at radius 2 is 1.53 bits per heavy atom. The molecule has 2 saturated heterocycles. The third-order valence-corrected chi connectivity index (χ3v) is 8.41. The first-order valence-corrected chi connectivity index (χ1v) is 12.5. The van der Waals surface area contributed by atoms with Crippen LogP contribution >= 0.6 is 0 Å². The first-order valence-electron chi connectivity index (χ1n) is 12.5. The summed E-state index contributed by atoms with van der Waals surface area (Å²) in [5.74, 6) is -0.929. The number of amides is 1. The highest BCUT2D eigenvalue weighted by Crippen LogP contribution is 2.55. The maximum Gasteiger partial charge on any atom is 0.314 e. The zero-order valence-electron chi connectivity index (χ0n) is 19.6. The molecule has 5 nitrogen and oxygen atoms in total. The molecule has 5 rings (SSSR count). The second-order valence-corrected chi connectivity index (χ2v) is 10.3. The van der Waals surface area contributed by atoms with Crippen LogP contribution in [0.25, 0.3) is 0 Å². The van der Waals surface area contributed by atoms with Crippen molar-refractivity contribution in [2.75, 3.05) is 32.7 Å². The van der Waals surface area contributed by atoms with Crippen LogP contribution in [-0.4, -0.2) is 59.5 Å². The third kappa shape index (κ3) is 4.02. The largest absolute Gasteiger partial charge is 0.481 e. The summed E-state index contributed by atoms with van der Waals surface area (Å²) in [6.07, 6.45) is 5.40. The van der Waals surface area contributed by atoms with Gasteiger partial charge in [-0.3, -0.25) is 9.59 Å². The molecule has 3 aliphatic rings. The summed E-state index contributed by atoms with van der Waals surface area (Å²) < 4.78 is 13.4. The number of likely N-dealkylation sites (tertiary alicyclic amines) is 2. The van der Waals surface area contributed by atoms with E-state index in [-0.39, 0.29) is 17.6 Å². The first-order chi connectivity index (χ1) is 16.5. The molecule has 6 heteroatoms. The molecule has 0 radical (unpaired) electrons. The predicted octanol–water partition coefficient (Wildman–Crippen LogP) is 4.21. The van der Waals surface area contributed by atoms with Gasteiger partial charge in [-0.25, -0.2) is 4.39 Å². The minimum Gasteiger partial charge on any atom is -0.481 e. The second kappa shape index (κ2) is 9.14. The number of nitrogens with zero attached hydrogens (tertiary/aromatic N) is 2. The smallest absolute Gasteiger partial charge is 0.314 e. The van der Waals surface area contributed by atoms with E-state index in [1.165, 1.54) is 18.6 Å². The van der Waals surface area contributed by atoms with Crippen molar-refractivity contribution in [3.05, 3.63) is 71.5 Å². The summed E-state index contributed by atoms with van der Waals surface area (Å²) >= 11 is 0. The number of carboxylic acids is 1. The highest BCUT2D eigenvalue weighted by Gasteiger charge is 2.62. The zero-order chi connectivity index (χ0) is 23.8. The van der Waals surface area contributed by atoms with E-state index >= 15 is 0 Å². The molecule has 180 valence electrons. The summed E-state index contributed by atoms with van der Waals surface area (Å²) in [6.45, 7) is 3.91. The van der Waals surface area contributed by atoms with Crippen LogP contribution < -0.4 is 0 Å². The van der Waals surface area contributed by atoms with Gasteiger partial charge in [0.15, 0.2) is 0 Å². The fourth-order valence-corrected chi connectivity index (χ4v) is 6.25. The van der Waals surface area contributed by atoms with Crippen LogP contribution in [0.3, 0.4) is 0 Å². The summed E-state index contributed by atoms with van der Waals surface area (Å²) in [6, 6.07) is 16.1. The van der Waals surface area contributed by atoms with E-state index in [1.807, 2.05) is 18.2 Å². The Bertz CT molecular complexity index is 1030. The van der Waals surface area contributed by atoms with Crippen LogP contribution in [0.2, 0.25) is 0 Å². The van der Waals surface area contributed by atoms with E-state index < -0.39 is 16.8 Å². The zero-order valence-corrected chi connectivity index (χ0v) is 19.6. The molecule has 34 heavy (non-hydrogen) atoms. The highest BCUT2D eigenvalue weighted by molar-refractivity contribution is 5.88. The number of halogens is 1. The van der Waals surface area contributed by atoms with Gasteiger partial charge in [0.05, 0.1) is 10.8 Å². The Labute approximate surface area is 200 Å². The molecule has 3 fully saturated rings. The molecular formula is C28H33FN2O3. The molecule has 1 N–H and O–H groups in total. The lowest BCUT2D eigenvalue weighted by Crippen LogP contribution is -2.54. The number of carbonyl (C=O) groups excluding carboxylic acids is 1. The van der Waals surface area contributed by atoms with Crippen LogP contribution in [-0.2, 0) is 20.4 Å². The van der Waals surface area contributed by atoms with Crippen LogP contribution in [0, 0.1) is 11.7 Å². The van der Waals surface area contributed by atoms with Crippen molar-refractivity contribution in [3.8, 4) is 0 Å². The molecule has 1 aliphatic carbocycles. The van der Waals surface area contributed by atoms with Crippen molar-refractivity contribution in [1.29, 1.82) is 0 Å². The topological polar surface area (TPSA) is 60.9 Å². The minimum atomic E-state index is -0.925. The Morgan fingerprint density at radius 1 is 0.882 bits per heavy atom. The fraction of sp³-hybridized carbons (Fsp3) is 0.500. The molecule has 1 saturated carbocycles. The quantitative estimate of drug-likeness (QED) is 0.696. The van der Waals surface area contributed by atoms with E-state index in [4.69, 9.17) is 0 Å². The Kier molecular flexibility index (Phi) is 6.19. The Hall–Kier alpha value is -2.73. The normalized spacial score (nSPS) is 26.7. The highest BCUT2D eigenvalue weighted by atomic mass is 19.1. The average molecular weight is 465 g/mol. The van der Waals surface area contributed by atoms with Crippen molar-refractivity contribution in [1.82, 2.24) is 9.80 Å². The van der Waals surface area contributed by atoms with Crippen LogP contribution in [0.5, 0.6) is 0 Å². The number of piperidine rings is 2. The molecule has 2 heterocycles. The van der Waals surface area contributed by atoms with Gasteiger partial charge >= 0.3 is 5.97 Å². The van der Waals surface area contributed by atoms with Crippen LogP contribution in [0.4, 0.5) is 4.39 Å². The average Bonchev–Trinajstić information content (AvgIpc) is 3.61. The van der Waals surface area contributed by atoms with Gasteiger partial charge in [0.1, 0.15) is 5.82 Å².